The maximum absolute atomic E-state index is 12.2. The number of alkyl halides is 2. The summed E-state index contributed by atoms with van der Waals surface area (Å²) in [6.07, 6.45) is 0. The molecule has 0 radical (unpaired) electrons. The number of halogens is 3. The molecule has 1 aromatic rings. The van der Waals surface area contributed by atoms with E-state index in [0.29, 0.717) is 0 Å². The third-order valence-corrected chi connectivity index (χ3v) is 4.94. The minimum Gasteiger partial charge on any atom is -0.433 e. The highest BCUT2D eigenvalue weighted by molar-refractivity contribution is 7.89. The van der Waals surface area contributed by atoms with E-state index in [0.717, 1.165) is 22.5 Å². The lowest BCUT2D eigenvalue weighted by Crippen LogP contribution is -2.37. The molecule has 0 aliphatic rings. The molecule has 114 valence electrons. The van der Waals surface area contributed by atoms with Crippen LogP contribution in [0, 0.1) is 0 Å². The first-order valence-electron chi connectivity index (χ1n) is 5.53. The third-order valence-electron chi connectivity index (χ3n) is 2.68. The smallest absolute Gasteiger partial charge is 0.387 e. The molecule has 1 atom stereocenters. The number of aliphatic hydroxyl groups excluding tert-OH is 1. The van der Waals surface area contributed by atoms with E-state index in [2.05, 4.69) is 4.74 Å². The largest absolute Gasteiger partial charge is 0.433 e. The first-order chi connectivity index (χ1) is 9.20. The topological polar surface area (TPSA) is 66.8 Å². The lowest BCUT2D eigenvalue weighted by atomic mass is 10.3. The van der Waals surface area contributed by atoms with Gasteiger partial charge in [0.05, 0.1) is 16.5 Å². The molecule has 20 heavy (non-hydrogen) atoms. The molecule has 0 heterocycles. The van der Waals surface area contributed by atoms with Crippen molar-refractivity contribution in [2.24, 2.45) is 0 Å². The Hall–Kier alpha value is -0.960. The molecule has 0 spiro atoms. The SMILES string of the molecule is CC(CO)N(C)S(=O)(=O)c1ccc(OC(F)F)c(Cl)c1. The summed E-state index contributed by atoms with van der Waals surface area (Å²) >= 11 is 5.71. The average molecular weight is 330 g/mol. The summed E-state index contributed by atoms with van der Waals surface area (Å²) in [4.78, 5) is -0.174. The Bertz CT molecular complexity index is 568. The molecule has 9 heteroatoms. The van der Waals surface area contributed by atoms with Crippen LogP contribution in [-0.2, 0) is 10.0 Å². The molecule has 1 N–H and O–H groups in total. The first-order valence-corrected chi connectivity index (χ1v) is 7.35. The summed E-state index contributed by atoms with van der Waals surface area (Å²) in [7, 11) is -2.57. The van der Waals surface area contributed by atoms with Crippen molar-refractivity contribution in [1.82, 2.24) is 4.31 Å². The first kappa shape index (κ1) is 17.1. The Kier molecular flexibility index (Phi) is 5.69. The van der Waals surface area contributed by atoms with Crippen molar-refractivity contribution < 1.29 is 27.0 Å². The number of sulfonamides is 1. The predicted molar refractivity (Wildman–Crippen MR) is 69.6 cm³/mol. The summed E-state index contributed by atoms with van der Waals surface area (Å²) < 4.78 is 53.6. The van der Waals surface area contributed by atoms with E-state index >= 15 is 0 Å². The molecule has 0 saturated heterocycles. The summed E-state index contributed by atoms with van der Waals surface area (Å²) in [5.41, 5.74) is 0. The van der Waals surface area contributed by atoms with Crippen molar-refractivity contribution >= 4 is 21.6 Å². The van der Waals surface area contributed by atoms with Crippen LogP contribution >= 0.6 is 11.6 Å². The van der Waals surface area contributed by atoms with Gasteiger partial charge in [-0.05, 0) is 25.1 Å². The van der Waals surface area contributed by atoms with Crippen LogP contribution in [0.3, 0.4) is 0 Å². The Morgan fingerprint density at radius 3 is 2.50 bits per heavy atom. The Morgan fingerprint density at radius 1 is 1.45 bits per heavy atom. The third kappa shape index (κ3) is 3.78. The van der Waals surface area contributed by atoms with Gasteiger partial charge in [0, 0.05) is 13.1 Å². The normalized spacial score (nSPS) is 13.8. The predicted octanol–water partition coefficient (Wildman–Crippen LogP) is 1.94. The number of likely N-dealkylation sites (N-methyl/N-ethyl adjacent to an activating group) is 1. The van der Waals surface area contributed by atoms with Crippen LogP contribution in [0.2, 0.25) is 5.02 Å². The van der Waals surface area contributed by atoms with Crippen molar-refractivity contribution in [2.45, 2.75) is 24.5 Å². The molecular formula is C11H14ClF2NO4S. The van der Waals surface area contributed by atoms with Gasteiger partial charge in [0.15, 0.2) is 0 Å². The lowest BCUT2D eigenvalue weighted by molar-refractivity contribution is -0.0498. The summed E-state index contributed by atoms with van der Waals surface area (Å²) in [5.74, 6) is -0.307. The maximum atomic E-state index is 12.2. The molecule has 1 unspecified atom stereocenters. The fourth-order valence-corrected chi connectivity index (χ4v) is 3.02. The summed E-state index contributed by atoms with van der Waals surface area (Å²) in [5, 5.41) is 8.74. The zero-order valence-corrected chi connectivity index (χ0v) is 12.3. The molecule has 0 bridgehead atoms. The average Bonchev–Trinajstić information content (AvgIpc) is 2.38. The monoisotopic (exact) mass is 329 g/mol. The van der Waals surface area contributed by atoms with Crippen molar-refractivity contribution in [3.8, 4) is 5.75 Å². The minimum absolute atomic E-state index is 0.174. The van der Waals surface area contributed by atoms with E-state index in [4.69, 9.17) is 16.7 Å². The van der Waals surface area contributed by atoms with Gasteiger partial charge in [-0.1, -0.05) is 11.6 Å². The van der Waals surface area contributed by atoms with Crippen molar-refractivity contribution in [3.05, 3.63) is 23.2 Å². The van der Waals surface area contributed by atoms with E-state index < -0.39 is 22.7 Å². The van der Waals surface area contributed by atoms with Gasteiger partial charge in [-0.25, -0.2) is 8.42 Å². The van der Waals surface area contributed by atoms with E-state index in [1.165, 1.54) is 14.0 Å². The molecular weight excluding hydrogens is 316 g/mol. The number of benzene rings is 1. The van der Waals surface area contributed by atoms with Crippen molar-refractivity contribution in [3.63, 3.8) is 0 Å². The zero-order chi connectivity index (χ0) is 15.5. The van der Waals surface area contributed by atoms with Gasteiger partial charge in [-0.3, -0.25) is 0 Å². The summed E-state index contributed by atoms with van der Waals surface area (Å²) in [6.45, 7) is -1.88. The molecule has 0 aliphatic carbocycles. The Balaban J connectivity index is 3.12. The zero-order valence-electron chi connectivity index (χ0n) is 10.8. The number of hydrogen-bond donors (Lipinski definition) is 1. The van der Waals surface area contributed by atoms with E-state index in [-0.39, 0.29) is 22.3 Å². The molecule has 0 amide bonds. The fraction of sp³-hybridized carbons (Fsp3) is 0.455. The highest BCUT2D eigenvalue weighted by Gasteiger charge is 2.26. The molecule has 0 aliphatic heterocycles. The Labute approximate surface area is 120 Å². The van der Waals surface area contributed by atoms with E-state index in [1.54, 1.807) is 0 Å². The fourth-order valence-electron chi connectivity index (χ4n) is 1.35. The standard InChI is InChI=1S/C11H14ClF2NO4S/c1-7(6-16)15(2)20(17,18)8-3-4-10(9(12)5-8)19-11(13)14/h3-5,7,11,16H,6H2,1-2H3. The van der Waals surface area contributed by atoms with Gasteiger partial charge < -0.3 is 9.84 Å². The second-order valence-corrected chi connectivity index (χ2v) is 6.43. The van der Waals surface area contributed by atoms with Crippen LogP contribution in [-0.4, -0.2) is 44.1 Å². The quantitative estimate of drug-likeness (QED) is 0.866. The molecule has 5 nitrogen and oxygen atoms in total. The number of aliphatic hydroxyl groups is 1. The minimum atomic E-state index is -3.87. The summed E-state index contributed by atoms with van der Waals surface area (Å²) in [6, 6.07) is 2.56. The van der Waals surface area contributed by atoms with E-state index in [1.807, 2.05) is 0 Å². The van der Waals surface area contributed by atoms with Gasteiger partial charge in [0.25, 0.3) is 0 Å². The van der Waals surface area contributed by atoms with Gasteiger partial charge in [0.2, 0.25) is 10.0 Å². The van der Waals surface area contributed by atoms with Crippen LogP contribution in [0.1, 0.15) is 6.92 Å². The van der Waals surface area contributed by atoms with Crippen LogP contribution in [0.5, 0.6) is 5.75 Å². The van der Waals surface area contributed by atoms with Crippen molar-refractivity contribution in [1.29, 1.82) is 0 Å². The molecule has 1 rings (SSSR count). The molecule has 0 saturated carbocycles. The molecule has 0 aromatic heterocycles. The second-order valence-electron chi connectivity index (χ2n) is 4.02. The second kappa shape index (κ2) is 6.66. The van der Waals surface area contributed by atoms with Crippen LogP contribution in [0.15, 0.2) is 23.1 Å². The van der Waals surface area contributed by atoms with Crippen LogP contribution in [0.25, 0.3) is 0 Å². The van der Waals surface area contributed by atoms with Crippen LogP contribution < -0.4 is 4.74 Å². The van der Waals surface area contributed by atoms with Crippen molar-refractivity contribution in [2.75, 3.05) is 13.7 Å². The van der Waals surface area contributed by atoms with Gasteiger partial charge in [0.1, 0.15) is 5.75 Å². The number of rotatable bonds is 6. The highest BCUT2D eigenvalue weighted by Crippen LogP contribution is 2.29. The highest BCUT2D eigenvalue weighted by atomic mass is 35.5. The number of hydrogen-bond acceptors (Lipinski definition) is 4. The number of nitrogens with zero attached hydrogens (tertiary/aromatic N) is 1. The van der Waals surface area contributed by atoms with Gasteiger partial charge in [-0.2, -0.15) is 13.1 Å². The number of ether oxygens (including phenoxy) is 1. The molecule has 0 fully saturated rings. The van der Waals surface area contributed by atoms with Gasteiger partial charge >= 0.3 is 6.61 Å². The van der Waals surface area contributed by atoms with E-state index in [9.17, 15) is 17.2 Å². The molecule has 1 aromatic carbocycles. The van der Waals surface area contributed by atoms with Gasteiger partial charge in [-0.15, -0.1) is 0 Å². The van der Waals surface area contributed by atoms with Crippen LogP contribution in [0.4, 0.5) is 8.78 Å². The Morgan fingerprint density at radius 2 is 2.05 bits per heavy atom. The lowest BCUT2D eigenvalue weighted by Gasteiger charge is -2.22. The maximum Gasteiger partial charge on any atom is 0.387 e.